The Morgan fingerprint density at radius 2 is 2.46 bits per heavy atom. The van der Waals surface area contributed by atoms with Crippen LogP contribution in [0.15, 0.2) is 12.8 Å². The monoisotopic (exact) mass is 196 g/mol. The highest BCUT2D eigenvalue weighted by molar-refractivity contribution is 7.96. The summed E-state index contributed by atoms with van der Waals surface area (Å²) in [5.41, 5.74) is 2.26. The predicted molar refractivity (Wildman–Crippen MR) is 56.2 cm³/mol. The molecule has 0 amide bonds. The summed E-state index contributed by atoms with van der Waals surface area (Å²) < 4.78 is 0. The minimum Gasteiger partial charge on any atom is -0.506 e. The second-order valence-electron chi connectivity index (χ2n) is 2.64. The molecule has 3 nitrogen and oxygen atoms in total. The van der Waals surface area contributed by atoms with E-state index in [2.05, 4.69) is 11.6 Å². The first kappa shape index (κ1) is 10.1. The van der Waals surface area contributed by atoms with Gasteiger partial charge in [-0.15, -0.1) is 0 Å². The van der Waals surface area contributed by atoms with E-state index in [9.17, 15) is 5.11 Å². The van der Waals surface area contributed by atoms with Crippen LogP contribution in [0.3, 0.4) is 0 Å². The molecule has 0 unspecified atom stereocenters. The molecular formula is C9H12N2OS. The molecular weight excluding hydrogens is 184 g/mol. The molecule has 70 valence electrons. The molecule has 0 saturated carbocycles. The van der Waals surface area contributed by atoms with Crippen molar-refractivity contribution in [2.75, 3.05) is 0 Å². The zero-order chi connectivity index (χ0) is 9.84. The summed E-state index contributed by atoms with van der Waals surface area (Å²) in [4.78, 5) is 4.02. The van der Waals surface area contributed by atoms with Gasteiger partial charge in [-0.25, -0.2) is 0 Å². The van der Waals surface area contributed by atoms with Gasteiger partial charge in [-0.1, -0.05) is 24.6 Å². The fraction of sp³-hybridized carbons (Fsp3) is 0.222. The second kappa shape index (κ2) is 4.30. The molecule has 0 spiro atoms. The van der Waals surface area contributed by atoms with Gasteiger partial charge < -0.3 is 5.11 Å². The van der Waals surface area contributed by atoms with Gasteiger partial charge in [0.2, 0.25) is 0 Å². The zero-order valence-electron chi connectivity index (χ0n) is 7.45. The predicted octanol–water partition coefficient (Wildman–Crippen LogP) is 1.85. The number of nitrogens with zero attached hydrogens (tertiary/aromatic N) is 1. The van der Waals surface area contributed by atoms with Crippen molar-refractivity contribution in [1.29, 1.82) is 0 Å². The second-order valence-corrected chi connectivity index (χ2v) is 3.26. The highest BCUT2D eigenvalue weighted by Crippen LogP contribution is 2.26. The third-order valence-corrected chi connectivity index (χ3v) is 2.28. The van der Waals surface area contributed by atoms with Gasteiger partial charge in [0.25, 0.3) is 0 Å². The Bertz CT molecular complexity index is 326. The average Bonchev–Trinajstić information content (AvgIpc) is 2.14. The van der Waals surface area contributed by atoms with Gasteiger partial charge in [0, 0.05) is 17.5 Å². The van der Waals surface area contributed by atoms with Crippen LogP contribution in [-0.2, 0) is 5.75 Å². The standard InChI is InChI=1S/C9H12N2OS/c1-3-7-4-11-6(2)9(12)8(7)5-13-10/h3-4,12H,1,5,10H2,2H3. The Labute approximate surface area is 81.8 Å². The summed E-state index contributed by atoms with van der Waals surface area (Å²) in [5.74, 6) is 0.784. The first-order valence-electron chi connectivity index (χ1n) is 3.82. The van der Waals surface area contributed by atoms with Crippen molar-refractivity contribution >= 4 is 18.0 Å². The Morgan fingerprint density at radius 3 is 3.00 bits per heavy atom. The third kappa shape index (κ3) is 2.02. The lowest BCUT2D eigenvalue weighted by Gasteiger charge is -2.08. The van der Waals surface area contributed by atoms with Crippen molar-refractivity contribution in [3.8, 4) is 5.75 Å². The summed E-state index contributed by atoms with van der Waals surface area (Å²) in [5, 5.41) is 15.0. The molecule has 1 heterocycles. The van der Waals surface area contributed by atoms with E-state index in [0.717, 1.165) is 11.1 Å². The molecule has 0 bridgehead atoms. The fourth-order valence-corrected chi connectivity index (χ4v) is 1.54. The number of aryl methyl sites for hydroxylation is 1. The first-order valence-corrected chi connectivity index (χ1v) is 4.87. The maximum absolute atomic E-state index is 9.66. The minimum atomic E-state index is 0.218. The number of pyridine rings is 1. The largest absolute Gasteiger partial charge is 0.506 e. The minimum absolute atomic E-state index is 0.218. The van der Waals surface area contributed by atoms with E-state index < -0.39 is 0 Å². The maximum atomic E-state index is 9.66. The Hall–Kier alpha value is -1.00. The van der Waals surface area contributed by atoms with E-state index in [1.165, 1.54) is 11.9 Å². The van der Waals surface area contributed by atoms with Crippen LogP contribution >= 0.6 is 11.9 Å². The molecule has 1 aromatic heterocycles. The van der Waals surface area contributed by atoms with Gasteiger partial charge in [-0.05, 0) is 12.5 Å². The summed E-state index contributed by atoms with van der Waals surface area (Å²) >= 11 is 1.17. The van der Waals surface area contributed by atoms with Gasteiger partial charge >= 0.3 is 0 Å². The van der Waals surface area contributed by atoms with Crippen molar-refractivity contribution in [3.05, 3.63) is 29.6 Å². The number of hydrogen-bond acceptors (Lipinski definition) is 4. The Kier molecular flexibility index (Phi) is 3.33. The molecule has 4 heteroatoms. The lowest BCUT2D eigenvalue weighted by molar-refractivity contribution is 0.462. The van der Waals surface area contributed by atoms with Gasteiger partial charge in [-0.2, -0.15) is 0 Å². The highest BCUT2D eigenvalue weighted by Gasteiger charge is 2.08. The van der Waals surface area contributed by atoms with Crippen LogP contribution in [0.25, 0.3) is 6.08 Å². The van der Waals surface area contributed by atoms with E-state index >= 15 is 0 Å². The molecule has 13 heavy (non-hydrogen) atoms. The summed E-state index contributed by atoms with van der Waals surface area (Å²) in [6.45, 7) is 5.40. The Morgan fingerprint density at radius 1 is 1.77 bits per heavy atom. The van der Waals surface area contributed by atoms with Crippen LogP contribution < -0.4 is 5.14 Å². The molecule has 0 fully saturated rings. The van der Waals surface area contributed by atoms with Crippen LogP contribution in [0.4, 0.5) is 0 Å². The van der Waals surface area contributed by atoms with Crippen LogP contribution in [0.5, 0.6) is 5.75 Å². The summed E-state index contributed by atoms with van der Waals surface area (Å²) in [6.07, 6.45) is 3.35. The SMILES string of the molecule is C=Cc1cnc(C)c(O)c1CSN. The normalized spacial score (nSPS) is 10.0. The number of rotatable bonds is 3. The number of aromatic hydroxyl groups is 1. The maximum Gasteiger partial charge on any atom is 0.141 e. The fourth-order valence-electron chi connectivity index (χ4n) is 1.07. The van der Waals surface area contributed by atoms with Gasteiger partial charge in [-0.3, -0.25) is 10.1 Å². The quantitative estimate of drug-likeness (QED) is 0.724. The molecule has 0 aromatic carbocycles. The molecule has 1 rings (SSSR count). The van der Waals surface area contributed by atoms with E-state index in [-0.39, 0.29) is 5.75 Å². The number of nitrogens with two attached hydrogens (primary N) is 1. The van der Waals surface area contributed by atoms with E-state index in [1.54, 1.807) is 19.2 Å². The molecule has 0 aliphatic carbocycles. The van der Waals surface area contributed by atoms with Crippen LogP contribution in [0, 0.1) is 6.92 Å². The van der Waals surface area contributed by atoms with Crippen molar-refractivity contribution in [1.82, 2.24) is 4.98 Å². The van der Waals surface area contributed by atoms with Crippen molar-refractivity contribution < 1.29 is 5.11 Å². The van der Waals surface area contributed by atoms with Gasteiger partial charge in [0.05, 0.1) is 5.69 Å². The molecule has 0 atom stereocenters. The van der Waals surface area contributed by atoms with Crippen LogP contribution in [-0.4, -0.2) is 10.1 Å². The van der Waals surface area contributed by atoms with E-state index in [1.807, 2.05) is 0 Å². The molecule has 0 aliphatic heterocycles. The number of aromatic nitrogens is 1. The van der Waals surface area contributed by atoms with Crippen molar-refractivity contribution in [2.24, 2.45) is 5.14 Å². The highest BCUT2D eigenvalue weighted by atomic mass is 32.2. The molecule has 3 N–H and O–H groups in total. The molecule has 0 radical (unpaired) electrons. The summed E-state index contributed by atoms with van der Waals surface area (Å²) in [7, 11) is 0. The van der Waals surface area contributed by atoms with Crippen LogP contribution in [0.1, 0.15) is 16.8 Å². The first-order chi connectivity index (χ1) is 6.20. The lowest BCUT2D eigenvalue weighted by Crippen LogP contribution is -1.94. The smallest absolute Gasteiger partial charge is 0.141 e. The van der Waals surface area contributed by atoms with Gasteiger partial charge in [0.1, 0.15) is 5.75 Å². The van der Waals surface area contributed by atoms with E-state index in [0.29, 0.717) is 11.4 Å². The number of hydrogen-bond donors (Lipinski definition) is 2. The Balaban J connectivity index is 3.23. The molecule has 1 aromatic rings. The average molecular weight is 196 g/mol. The molecule has 0 aliphatic rings. The van der Waals surface area contributed by atoms with Gasteiger partial charge in [0.15, 0.2) is 0 Å². The van der Waals surface area contributed by atoms with Crippen molar-refractivity contribution in [2.45, 2.75) is 12.7 Å². The third-order valence-electron chi connectivity index (χ3n) is 1.82. The van der Waals surface area contributed by atoms with Crippen molar-refractivity contribution in [3.63, 3.8) is 0 Å². The zero-order valence-corrected chi connectivity index (χ0v) is 8.27. The van der Waals surface area contributed by atoms with Crippen LogP contribution in [0.2, 0.25) is 0 Å². The molecule has 0 saturated heterocycles. The van der Waals surface area contributed by atoms with E-state index in [4.69, 9.17) is 5.14 Å². The summed E-state index contributed by atoms with van der Waals surface area (Å²) in [6, 6.07) is 0. The topological polar surface area (TPSA) is 59.1 Å². The lowest BCUT2D eigenvalue weighted by atomic mass is 10.1.